The molecule has 31 heavy (non-hydrogen) atoms. The van der Waals surface area contributed by atoms with Crippen LogP contribution in [0.4, 0.5) is 16.2 Å². The number of carbonyl (C=O) groups excluding carboxylic acids is 1. The van der Waals surface area contributed by atoms with Crippen LogP contribution in [-0.2, 0) is 6.54 Å². The van der Waals surface area contributed by atoms with Crippen LogP contribution in [0.15, 0.2) is 83.7 Å². The van der Waals surface area contributed by atoms with Crippen molar-refractivity contribution in [2.75, 3.05) is 10.6 Å². The molecule has 6 nitrogen and oxygen atoms in total. The number of hydrogen-bond acceptors (Lipinski definition) is 2. The molecule has 0 spiro atoms. The van der Waals surface area contributed by atoms with E-state index in [2.05, 4.69) is 47.2 Å². The highest BCUT2D eigenvalue weighted by Gasteiger charge is 2.11. The fraction of sp³-hybridized carbons (Fsp3) is 0.0435. The van der Waals surface area contributed by atoms with Crippen LogP contribution in [0.25, 0.3) is 21.9 Å². The summed E-state index contributed by atoms with van der Waals surface area (Å²) < 4.78 is 3.08. The van der Waals surface area contributed by atoms with Gasteiger partial charge in [0.1, 0.15) is 5.65 Å². The van der Waals surface area contributed by atoms with Crippen LogP contribution in [0, 0.1) is 0 Å². The first kappa shape index (κ1) is 21.0. The Bertz CT molecular complexity index is 1380. The smallest absolute Gasteiger partial charge is 0.323 e. The summed E-state index contributed by atoms with van der Waals surface area (Å²) in [5.74, 6) is 0. The largest absolute Gasteiger partial charge is 0.346 e. The Kier molecular flexibility index (Phi) is 5.97. The van der Waals surface area contributed by atoms with E-state index < -0.39 is 0 Å². The van der Waals surface area contributed by atoms with Gasteiger partial charge in [-0.25, -0.2) is 9.78 Å². The normalized spacial score (nSPS) is 10.7. The van der Waals surface area contributed by atoms with E-state index in [0.717, 1.165) is 37.8 Å². The molecule has 5 rings (SSSR count). The van der Waals surface area contributed by atoms with Gasteiger partial charge in [0.15, 0.2) is 0 Å². The summed E-state index contributed by atoms with van der Waals surface area (Å²) in [5, 5.41) is 7.92. The van der Waals surface area contributed by atoms with Gasteiger partial charge in [0.2, 0.25) is 0 Å². The molecule has 5 aromatic rings. The van der Waals surface area contributed by atoms with Crippen molar-refractivity contribution in [1.29, 1.82) is 0 Å². The number of amides is 2. The van der Waals surface area contributed by atoms with Crippen molar-refractivity contribution >= 4 is 67.7 Å². The van der Waals surface area contributed by atoms with Gasteiger partial charge < -0.3 is 20.2 Å². The Morgan fingerprint density at radius 2 is 1.90 bits per heavy atom. The van der Waals surface area contributed by atoms with Gasteiger partial charge in [-0.15, -0.1) is 12.4 Å². The van der Waals surface area contributed by atoms with E-state index in [1.807, 2.05) is 73.2 Å². The Hall–Kier alpha value is -3.29. The fourth-order valence-corrected chi connectivity index (χ4v) is 4.06. The zero-order chi connectivity index (χ0) is 20.5. The first-order valence-electron chi connectivity index (χ1n) is 9.50. The number of anilines is 2. The van der Waals surface area contributed by atoms with Gasteiger partial charge in [0, 0.05) is 46.1 Å². The van der Waals surface area contributed by atoms with Gasteiger partial charge in [0.05, 0.1) is 11.2 Å². The third-order valence-corrected chi connectivity index (χ3v) is 5.53. The molecule has 0 aliphatic rings. The molecule has 3 N–H and O–H groups in total. The quantitative estimate of drug-likeness (QED) is 0.269. The van der Waals surface area contributed by atoms with Crippen LogP contribution >= 0.6 is 28.3 Å². The standard InChI is InChI=1S/C23H18BrN5O.ClH/c24-16-3-1-4-17(13-16)27-23(30)28-20-5-2-6-21-19(20)9-12-29(21)14-15-7-10-25-22-18(15)8-11-26-22;/h1-13H,14H2,(H,25,26)(H2,27,28,30);1H. The molecule has 8 heteroatoms. The highest BCUT2D eigenvalue weighted by molar-refractivity contribution is 9.10. The monoisotopic (exact) mass is 495 g/mol. The molecule has 156 valence electrons. The number of nitrogens with one attached hydrogen (secondary N) is 3. The summed E-state index contributed by atoms with van der Waals surface area (Å²) >= 11 is 3.41. The number of urea groups is 1. The lowest BCUT2D eigenvalue weighted by atomic mass is 10.2. The lowest BCUT2D eigenvalue weighted by Crippen LogP contribution is -2.19. The second kappa shape index (κ2) is 8.83. The highest BCUT2D eigenvalue weighted by atomic mass is 79.9. The van der Waals surface area contributed by atoms with Crippen molar-refractivity contribution in [2.24, 2.45) is 0 Å². The minimum atomic E-state index is -0.281. The number of fused-ring (bicyclic) bond motifs is 2. The highest BCUT2D eigenvalue weighted by Crippen LogP contribution is 2.27. The van der Waals surface area contributed by atoms with Crippen molar-refractivity contribution in [3.05, 3.63) is 89.3 Å². The summed E-state index contributed by atoms with van der Waals surface area (Å²) in [7, 11) is 0. The Labute approximate surface area is 193 Å². The first-order valence-corrected chi connectivity index (χ1v) is 10.3. The summed E-state index contributed by atoms with van der Waals surface area (Å²) in [4.78, 5) is 20.0. The lowest BCUT2D eigenvalue weighted by molar-refractivity contribution is 0.262. The minimum absolute atomic E-state index is 0. The van der Waals surface area contributed by atoms with E-state index in [1.54, 1.807) is 0 Å². The zero-order valence-corrected chi connectivity index (χ0v) is 18.7. The maximum absolute atomic E-state index is 12.5. The summed E-state index contributed by atoms with van der Waals surface area (Å²) in [6, 6.07) is 19.2. The van der Waals surface area contributed by atoms with Gasteiger partial charge in [-0.05, 0) is 54.1 Å². The average Bonchev–Trinajstić information content (AvgIpc) is 3.36. The number of halogens is 2. The van der Waals surface area contributed by atoms with E-state index in [-0.39, 0.29) is 18.4 Å². The van der Waals surface area contributed by atoms with Crippen LogP contribution in [0.1, 0.15) is 5.56 Å². The number of carbonyl (C=O) groups is 1. The lowest BCUT2D eigenvalue weighted by Gasteiger charge is -2.10. The van der Waals surface area contributed by atoms with Crippen LogP contribution in [0.3, 0.4) is 0 Å². The molecule has 3 heterocycles. The number of H-pyrrole nitrogens is 1. The van der Waals surface area contributed by atoms with Crippen LogP contribution < -0.4 is 10.6 Å². The maximum Gasteiger partial charge on any atom is 0.323 e. The van der Waals surface area contributed by atoms with Crippen molar-refractivity contribution in [3.8, 4) is 0 Å². The third kappa shape index (κ3) is 4.28. The number of benzene rings is 2. The molecule has 0 saturated carbocycles. The molecule has 0 saturated heterocycles. The molecule has 0 fully saturated rings. The van der Waals surface area contributed by atoms with E-state index in [4.69, 9.17) is 0 Å². The predicted molar refractivity (Wildman–Crippen MR) is 131 cm³/mol. The number of aromatic amines is 1. The molecular weight excluding hydrogens is 478 g/mol. The van der Waals surface area contributed by atoms with Crippen molar-refractivity contribution in [1.82, 2.24) is 14.5 Å². The van der Waals surface area contributed by atoms with Gasteiger partial charge in [0.25, 0.3) is 0 Å². The number of nitrogens with zero attached hydrogens (tertiary/aromatic N) is 2. The third-order valence-electron chi connectivity index (χ3n) is 5.04. The number of aromatic nitrogens is 3. The zero-order valence-electron chi connectivity index (χ0n) is 16.3. The Morgan fingerprint density at radius 3 is 2.77 bits per heavy atom. The fourth-order valence-electron chi connectivity index (χ4n) is 3.66. The van der Waals surface area contributed by atoms with Crippen molar-refractivity contribution in [2.45, 2.75) is 6.54 Å². The van der Waals surface area contributed by atoms with Crippen LogP contribution in [-0.4, -0.2) is 20.6 Å². The van der Waals surface area contributed by atoms with E-state index in [0.29, 0.717) is 6.54 Å². The first-order chi connectivity index (χ1) is 14.7. The SMILES string of the molecule is Cl.O=C(Nc1cccc(Br)c1)Nc1cccc2c1ccn2Cc1ccnc2[nH]ccc12. The van der Waals surface area contributed by atoms with E-state index in [1.165, 1.54) is 5.56 Å². The molecular formula is C23H19BrClN5O. The molecule has 2 aromatic carbocycles. The number of pyridine rings is 1. The molecule has 3 aromatic heterocycles. The van der Waals surface area contributed by atoms with Gasteiger partial charge in [-0.3, -0.25) is 0 Å². The van der Waals surface area contributed by atoms with E-state index in [9.17, 15) is 4.79 Å². The average molecular weight is 497 g/mol. The molecule has 0 bridgehead atoms. The molecule has 0 aliphatic carbocycles. The van der Waals surface area contributed by atoms with Gasteiger partial charge >= 0.3 is 6.03 Å². The number of rotatable bonds is 4. The molecule has 0 unspecified atom stereocenters. The Morgan fingerprint density at radius 1 is 1.03 bits per heavy atom. The molecule has 0 radical (unpaired) electrons. The summed E-state index contributed by atoms with van der Waals surface area (Å²) in [6.07, 6.45) is 5.76. The van der Waals surface area contributed by atoms with Crippen molar-refractivity contribution < 1.29 is 4.79 Å². The minimum Gasteiger partial charge on any atom is -0.346 e. The molecule has 0 atom stereocenters. The predicted octanol–water partition coefficient (Wildman–Crippen LogP) is 6.39. The second-order valence-electron chi connectivity index (χ2n) is 6.98. The second-order valence-corrected chi connectivity index (χ2v) is 7.90. The number of hydrogen-bond donors (Lipinski definition) is 3. The Balaban J connectivity index is 0.00000231. The van der Waals surface area contributed by atoms with E-state index >= 15 is 0 Å². The van der Waals surface area contributed by atoms with Crippen molar-refractivity contribution in [3.63, 3.8) is 0 Å². The van der Waals surface area contributed by atoms with Crippen LogP contribution in [0.2, 0.25) is 0 Å². The molecule has 0 aliphatic heterocycles. The molecule has 2 amide bonds. The summed E-state index contributed by atoms with van der Waals surface area (Å²) in [6.45, 7) is 0.716. The van der Waals surface area contributed by atoms with Gasteiger partial charge in [-0.2, -0.15) is 0 Å². The maximum atomic E-state index is 12.5. The van der Waals surface area contributed by atoms with Crippen LogP contribution in [0.5, 0.6) is 0 Å². The van der Waals surface area contributed by atoms with Gasteiger partial charge in [-0.1, -0.05) is 28.1 Å². The topological polar surface area (TPSA) is 74.7 Å². The summed E-state index contributed by atoms with van der Waals surface area (Å²) in [5.41, 5.74) is 4.61.